The van der Waals surface area contributed by atoms with Crippen LogP contribution >= 0.6 is 0 Å². The molecule has 1 fully saturated rings. The van der Waals surface area contributed by atoms with Gasteiger partial charge in [-0.25, -0.2) is 0 Å². The largest absolute Gasteiger partial charge is 0.490 e. The summed E-state index contributed by atoms with van der Waals surface area (Å²) in [6.07, 6.45) is 4.19. The van der Waals surface area contributed by atoms with Gasteiger partial charge in [-0.1, -0.05) is 36.4 Å². The molecule has 1 aromatic carbocycles. The van der Waals surface area contributed by atoms with E-state index < -0.39 is 0 Å². The molecule has 0 N–H and O–H groups in total. The molecule has 0 aromatic heterocycles. The van der Waals surface area contributed by atoms with Gasteiger partial charge in [0.25, 0.3) is 0 Å². The molecule has 1 aliphatic heterocycles. The Morgan fingerprint density at radius 1 is 1.32 bits per heavy atom. The lowest BCUT2D eigenvalue weighted by molar-refractivity contribution is 0.0137. The topological polar surface area (TPSA) is 18.5 Å². The molecule has 2 nitrogen and oxygen atoms in total. The smallest absolute Gasteiger partial charge is 0.127 e. The Kier molecular flexibility index (Phi) is 4.80. The maximum Gasteiger partial charge on any atom is 0.127 e. The molecule has 0 saturated carbocycles. The van der Waals surface area contributed by atoms with Crippen molar-refractivity contribution in [3.05, 3.63) is 53.6 Å². The zero-order valence-corrected chi connectivity index (χ0v) is 11.8. The molecule has 102 valence electrons. The Morgan fingerprint density at radius 2 is 2.00 bits per heavy atom. The minimum absolute atomic E-state index is 0.249. The molecule has 2 heteroatoms. The van der Waals surface area contributed by atoms with Crippen molar-refractivity contribution in [1.82, 2.24) is 0 Å². The third-order valence-electron chi connectivity index (χ3n) is 3.25. The van der Waals surface area contributed by atoms with Crippen LogP contribution in [0.1, 0.15) is 30.9 Å². The number of allylic oxidation sites excluding steroid dienone is 2. The predicted molar refractivity (Wildman–Crippen MR) is 78.9 cm³/mol. The molecule has 0 bridgehead atoms. The van der Waals surface area contributed by atoms with E-state index in [-0.39, 0.29) is 6.10 Å². The quantitative estimate of drug-likeness (QED) is 0.598. The first-order valence-electron chi connectivity index (χ1n) is 6.84. The van der Waals surface area contributed by atoms with Gasteiger partial charge in [-0.05, 0) is 25.5 Å². The summed E-state index contributed by atoms with van der Waals surface area (Å²) in [7, 11) is 0. The van der Waals surface area contributed by atoms with Crippen molar-refractivity contribution >= 4 is 5.76 Å². The number of ether oxygens (including phenoxy) is 2. The van der Waals surface area contributed by atoms with E-state index in [2.05, 4.69) is 25.6 Å². The molecule has 0 aliphatic carbocycles. The Hall–Kier alpha value is -1.54. The van der Waals surface area contributed by atoms with Crippen molar-refractivity contribution in [1.29, 1.82) is 0 Å². The summed E-state index contributed by atoms with van der Waals surface area (Å²) in [6, 6.07) is 8.30. The Bertz CT molecular complexity index is 468. The van der Waals surface area contributed by atoms with Gasteiger partial charge in [-0.2, -0.15) is 0 Å². The van der Waals surface area contributed by atoms with Crippen molar-refractivity contribution in [2.24, 2.45) is 0 Å². The lowest BCUT2D eigenvalue weighted by Crippen LogP contribution is -2.23. The van der Waals surface area contributed by atoms with E-state index in [9.17, 15) is 0 Å². The summed E-state index contributed by atoms with van der Waals surface area (Å²) in [4.78, 5) is 0. The summed E-state index contributed by atoms with van der Waals surface area (Å²) in [6.45, 7) is 9.64. The number of benzene rings is 1. The van der Waals surface area contributed by atoms with Crippen LogP contribution in [0.25, 0.3) is 5.76 Å². The van der Waals surface area contributed by atoms with Gasteiger partial charge < -0.3 is 9.47 Å². The maximum absolute atomic E-state index is 6.19. The molecule has 2 rings (SSSR count). The van der Waals surface area contributed by atoms with Crippen LogP contribution in [0, 0.1) is 6.92 Å². The van der Waals surface area contributed by atoms with Crippen LogP contribution in [0.4, 0.5) is 0 Å². The monoisotopic (exact) mass is 258 g/mol. The Balaban J connectivity index is 2.21. The highest BCUT2D eigenvalue weighted by Gasteiger charge is 2.17. The number of hydrogen-bond donors (Lipinski definition) is 0. The number of hydrogen-bond acceptors (Lipinski definition) is 2. The van der Waals surface area contributed by atoms with Crippen LogP contribution in [-0.4, -0.2) is 19.3 Å². The molecule has 1 saturated heterocycles. The maximum atomic E-state index is 6.19. The van der Waals surface area contributed by atoms with E-state index in [1.54, 1.807) is 0 Å². The minimum atomic E-state index is 0.249. The highest BCUT2D eigenvalue weighted by Crippen LogP contribution is 2.25. The predicted octanol–water partition coefficient (Wildman–Crippen LogP) is 4.11. The molecule has 0 amide bonds. The molecule has 0 atom stereocenters. The lowest BCUT2D eigenvalue weighted by atomic mass is 10.0. The van der Waals surface area contributed by atoms with Crippen molar-refractivity contribution < 1.29 is 9.47 Å². The third-order valence-corrected chi connectivity index (χ3v) is 3.25. The summed E-state index contributed by atoms with van der Waals surface area (Å²) >= 11 is 0. The van der Waals surface area contributed by atoms with Crippen LogP contribution in [0.15, 0.2) is 42.5 Å². The van der Waals surface area contributed by atoms with Gasteiger partial charge in [0.1, 0.15) is 11.9 Å². The lowest BCUT2D eigenvalue weighted by Gasteiger charge is -2.25. The first kappa shape index (κ1) is 13.9. The fraction of sp³-hybridized carbons (Fsp3) is 0.412. The normalized spacial score (nSPS) is 17.3. The van der Waals surface area contributed by atoms with Gasteiger partial charge in [0.05, 0.1) is 13.2 Å². The van der Waals surface area contributed by atoms with Crippen LogP contribution in [-0.2, 0) is 9.47 Å². The SMILES string of the molecule is C=C(C)/C=C(/OC1CCOCC1)c1ccccc1C. The molecule has 1 aliphatic rings. The second-order valence-corrected chi connectivity index (χ2v) is 5.10. The summed E-state index contributed by atoms with van der Waals surface area (Å²) < 4.78 is 11.6. The van der Waals surface area contributed by atoms with Crippen molar-refractivity contribution in [2.45, 2.75) is 32.8 Å². The third kappa shape index (κ3) is 3.97. The summed E-state index contributed by atoms with van der Waals surface area (Å²) in [5.41, 5.74) is 3.38. The average molecular weight is 258 g/mol. The van der Waals surface area contributed by atoms with Gasteiger partial charge in [0, 0.05) is 18.4 Å². The fourth-order valence-corrected chi connectivity index (χ4v) is 2.22. The van der Waals surface area contributed by atoms with Crippen molar-refractivity contribution in [2.75, 3.05) is 13.2 Å². The zero-order chi connectivity index (χ0) is 13.7. The number of aryl methyl sites for hydroxylation is 1. The molecule has 0 spiro atoms. The van der Waals surface area contributed by atoms with Crippen molar-refractivity contribution in [3.8, 4) is 0 Å². The van der Waals surface area contributed by atoms with E-state index in [0.717, 1.165) is 43.0 Å². The highest BCUT2D eigenvalue weighted by atomic mass is 16.5. The van der Waals surface area contributed by atoms with E-state index in [1.165, 1.54) is 5.56 Å². The Labute approximate surface area is 115 Å². The Morgan fingerprint density at radius 3 is 2.63 bits per heavy atom. The van der Waals surface area contributed by atoms with Crippen LogP contribution < -0.4 is 0 Å². The second kappa shape index (κ2) is 6.58. The van der Waals surface area contributed by atoms with E-state index in [1.807, 2.05) is 25.1 Å². The fourth-order valence-electron chi connectivity index (χ4n) is 2.22. The van der Waals surface area contributed by atoms with E-state index in [0.29, 0.717) is 0 Å². The van der Waals surface area contributed by atoms with Crippen LogP contribution in [0.5, 0.6) is 0 Å². The zero-order valence-electron chi connectivity index (χ0n) is 11.8. The first-order chi connectivity index (χ1) is 9.16. The standard InChI is InChI=1S/C17H22O2/c1-13(2)12-17(16-7-5-4-6-14(16)3)19-15-8-10-18-11-9-15/h4-7,12,15H,1,8-11H2,2-3H3/b17-12+. The van der Waals surface area contributed by atoms with Gasteiger partial charge >= 0.3 is 0 Å². The first-order valence-corrected chi connectivity index (χ1v) is 6.84. The molecular formula is C17H22O2. The average Bonchev–Trinajstić information content (AvgIpc) is 2.39. The van der Waals surface area contributed by atoms with E-state index >= 15 is 0 Å². The van der Waals surface area contributed by atoms with Crippen molar-refractivity contribution in [3.63, 3.8) is 0 Å². The molecule has 1 aromatic rings. The number of rotatable bonds is 4. The highest BCUT2D eigenvalue weighted by molar-refractivity contribution is 5.65. The summed E-state index contributed by atoms with van der Waals surface area (Å²) in [5.74, 6) is 0.928. The molecule has 19 heavy (non-hydrogen) atoms. The van der Waals surface area contributed by atoms with Gasteiger partial charge in [-0.15, -0.1) is 0 Å². The minimum Gasteiger partial charge on any atom is -0.490 e. The van der Waals surface area contributed by atoms with Crippen LogP contribution in [0.3, 0.4) is 0 Å². The molecular weight excluding hydrogens is 236 g/mol. The summed E-state index contributed by atoms with van der Waals surface area (Å²) in [5, 5.41) is 0. The van der Waals surface area contributed by atoms with Gasteiger partial charge in [0.15, 0.2) is 0 Å². The van der Waals surface area contributed by atoms with Crippen LogP contribution in [0.2, 0.25) is 0 Å². The van der Waals surface area contributed by atoms with Gasteiger partial charge in [-0.3, -0.25) is 0 Å². The second-order valence-electron chi connectivity index (χ2n) is 5.10. The molecule has 0 radical (unpaired) electrons. The molecule has 1 heterocycles. The van der Waals surface area contributed by atoms with Gasteiger partial charge in [0.2, 0.25) is 0 Å². The molecule has 0 unspecified atom stereocenters. The van der Waals surface area contributed by atoms with E-state index in [4.69, 9.17) is 9.47 Å².